The van der Waals surface area contributed by atoms with Gasteiger partial charge in [-0.05, 0) is 53.8 Å². The molecule has 3 rings (SSSR count). The Morgan fingerprint density at radius 3 is 2.54 bits per heavy atom. The van der Waals surface area contributed by atoms with Crippen LogP contribution in [-0.2, 0) is 11.2 Å². The monoisotopic (exact) mass is 327 g/mol. The molecule has 2 aromatic rings. The van der Waals surface area contributed by atoms with Crippen LogP contribution in [0.3, 0.4) is 0 Å². The maximum atomic E-state index is 11.7. The molecule has 8 nitrogen and oxygen atoms in total. The van der Waals surface area contributed by atoms with Crippen molar-refractivity contribution in [3.8, 4) is 11.1 Å². The number of carbonyl (C=O) groups excluding carboxylic acids is 1. The quantitative estimate of drug-likeness (QED) is 0.412. The molecule has 0 unspecified atom stereocenters. The fourth-order valence-electron chi connectivity index (χ4n) is 2.80. The molecule has 0 aromatic heterocycles. The van der Waals surface area contributed by atoms with E-state index in [-0.39, 0.29) is 12.3 Å². The number of hydrogen-bond acceptors (Lipinski definition) is 6. The second-order valence-corrected chi connectivity index (χ2v) is 5.21. The summed E-state index contributed by atoms with van der Waals surface area (Å²) >= 11 is 0. The van der Waals surface area contributed by atoms with Gasteiger partial charge in [0.05, 0.1) is 22.5 Å². The minimum atomic E-state index is -0.849. The zero-order valence-electron chi connectivity index (χ0n) is 12.8. The summed E-state index contributed by atoms with van der Waals surface area (Å²) in [6, 6.07) is 9.72. The van der Waals surface area contributed by atoms with Gasteiger partial charge in [-0.25, -0.2) is 4.79 Å². The third-order valence-corrected chi connectivity index (χ3v) is 3.83. The minimum Gasteiger partial charge on any atom is -0.448 e. The summed E-state index contributed by atoms with van der Waals surface area (Å²) in [7, 11) is 0. The van der Waals surface area contributed by atoms with E-state index < -0.39 is 11.0 Å². The molecule has 0 saturated heterocycles. The van der Waals surface area contributed by atoms with Crippen LogP contribution in [0, 0.1) is 15.0 Å². The highest BCUT2D eigenvalue weighted by molar-refractivity contribution is 5.88. The molecule has 0 bridgehead atoms. The van der Waals surface area contributed by atoms with E-state index in [1.54, 1.807) is 31.2 Å². The molecule has 0 atom stereocenters. The van der Waals surface area contributed by atoms with E-state index in [1.807, 2.05) is 0 Å². The van der Waals surface area contributed by atoms with Crippen molar-refractivity contribution < 1.29 is 14.5 Å². The number of fused-ring (bicyclic) bond motifs is 3. The second-order valence-electron chi connectivity index (χ2n) is 5.21. The lowest BCUT2D eigenvalue weighted by Gasteiger charge is -2.13. The van der Waals surface area contributed by atoms with Crippen LogP contribution in [0.15, 0.2) is 41.7 Å². The molecule has 0 N–H and O–H groups in total. The number of non-ortho nitro benzene ring substituents is 1. The summed E-state index contributed by atoms with van der Waals surface area (Å²) < 4.78 is 4.79. The lowest BCUT2D eigenvalue weighted by molar-refractivity contribution is -0.384. The van der Waals surface area contributed by atoms with Crippen LogP contribution in [0.1, 0.15) is 18.1 Å². The summed E-state index contributed by atoms with van der Waals surface area (Å²) in [6.45, 7) is 1.76. The Morgan fingerprint density at radius 2 is 1.92 bits per heavy atom. The van der Waals surface area contributed by atoms with Gasteiger partial charge >= 0.3 is 6.09 Å². The molecule has 122 valence electrons. The van der Waals surface area contributed by atoms with Crippen molar-refractivity contribution in [2.75, 3.05) is 11.6 Å². The summed E-state index contributed by atoms with van der Waals surface area (Å²) in [5.74, 6) is 0. The molecule has 2 aromatic carbocycles. The molecular weight excluding hydrogens is 314 g/mol. The lowest BCUT2D eigenvalue weighted by Crippen LogP contribution is -2.25. The minimum absolute atomic E-state index is 0.0319. The van der Waals surface area contributed by atoms with Crippen molar-refractivity contribution >= 4 is 17.5 Å². The molecule has 0 radical (unpaired) electrons. The summed E-state index contributed by atoms with van der Waals surface area (Å²) in [5, 5.41) is 14.2. The Balaban J connectivity index is 1.96. The fraction of sp³-hybridized carbons (Fsp3) is 0.188. The van der Waals surface area contributed by atoms with Gasteiger partial charge < -0.3 is 4.74 Å². The smallest absolute Gasteiger partial charge is 0.437 e. The summed E-state index contributed by atoms with van der Waals surface area (Å²) in [6.07, 6.45) is -0.367. The van der Waals surface area contributed by atoms with Gasteiger partial charge in [0.1, 0.15) is 0 Å². The maximum absolute atomic E-state index is 11.7. The van der Waals surface area contributed by atoms with E-state index in [4.69, 9.17) is 4.74 Å². The van der Waals surface area contributed by atoms with E-state index in [9.17, 15) is 19.8 Å². The first kappa shape index (κ1) is 15.6. The third-order valence-electron chi connectivity index (χ3n) is 3.83. The Morgan fingerprint density at radius 1 is 1.25 bits per heavy atom. The number of nitrogens with zero attached hydrogens (tertiary/aromatic N) is 3. The van der Waals surface area contributed by atoms with Gasteiger partial charge in [-0.15, -0.1) is 9.92 Å². The molecule has 0 aliphatic heterocycles. The molecule has 0 fully saturated rings. The maximum Gasteiger partial charge on any atom is 0.437 e. The first-order valence-electron chi connectivity index (χ1n) is 7.26. The standard InChI is InChI=1S/C16H13N3O5/c1-2-24-16(20)18(17-21)12-3-5-14-10(8-12)7-11-9-13(19(22)23)4-6-15(11)14/h3-6,8-9H,2,7H2,1H3. The van der Waals surface area contributed by atoms with Crippen LogP contribution in [0.4, 0.5) is 16.2 Å². The number of hydrogen-bond donors (Lipinski definition) is 0. The van der Waals surface area contributed by atoms with Gasteiger partial charge in [0, 0.05) is 12.1 Å². The molecule has 8 heteroatoms. The molecule has 24 heavy (non-hydrogen) atoms. The molecule has 0 spiro atoms. The number of nitro groups is 1. The van der Waals surface area contributed by atoms with Gasteiger partial charge in [0.25, 0.3) is 5.69 Å². The Bertz CT molecular complexity index is 850. The first-order chi connectivity index (χ1) is 11.5. The van der Waals surface area contributed by atoms with Crippen LogP contribution >= 0.6 is 0 Å². The van der Waals surface area contributed by atoms with Crippen LogP contribution in [0.2, 0.25) is 0 Å². The van der Waals surface area contributed by atoms with Crippen molar-refractivity contribution in [3.63, 3.8) is 0 Å². The molecule has 1 aliphatic rings. The van der Waals surface area contributed by atoms with Crippen molar-refractivity contribution in [1.82, 2.24) is 0 Å². The average molecular weight is 327 g/mol. The summed E-state index contributed by atoms with van der Waals surface area (Å²) in [4.78, 5) is 33.2. The largest absolute Gasteiger partial charge is 0.448 e. The van der Waals surface area contributed by atoms with Crippen LogP contribution in [0.5, 0.6) is 0 Å². The number of ether oxygens (including phenoxy) is 1. The molecular formula is C16H13N3O5. The van der Waals surface area contributed by atoms with Crippen LogP contribution in [-0.4, -0.2) is 17.6 Å². The number of nitroso groups, excluding NO2 is 1. The molecule has 1 aliphatic carbocycles. The Hall–Kier alpha value is -3.29. The predicted molar refractivity (Wildman–Crippen MR) is 86.6 cm³/mol. The number of amides is 1. The topological polar surface area (TPSA) is 102 Å². The molecule has 0 saturated carbocycles. The summed E-state index contributed by atoms with van der Waals surface area (Å²) in [5.41, 5.74) is 3.84. The van der Waals surface area contributed by atoms with Crippen molar-refractivity contribution in [2.45, 2.75) is 13.3 Å². The Labute approximate surface area is 136 Å². The van der Waals surface area contributed by atoms with E-state index >= 15 is 0 Å². The average Bonchev–Trinajstić information content (AvgIpc) is 2.92. The van der Waals surface area contributed by atoms with Crippen molar-refractivity contribution in [2.24, 2.45) is 5.29 Å². The second kappa shape index (κ2) is 6.07. The SMILES string of the molecule is CCOC(=O)N(N=O)c1ccc2c(c1)Cc1cc([N+](=O)[O-])ccc1-2. The van der Waals surface area contributed by atoms with Crippen molar-refractivity contribution in [1.29, 1.82) is 0 Å². The van der Waals surface area contributed by atoms with Crippen molar-refractivity contribution in [3.05, 3.63) is 62.5 Å². The van der Waals surface area contributed by atoms with Gasteiger partial charge in [-0.2, -0.15) is 0 Å². The highest BCUT2D eigenvalue weighted by atomic mass is 16.6. The van der Waals surface area contributed by atoms with Gasteiger partial charge in [-0.1, -0.05) is 6.07 Å². The zero-order valence-corrected chi connectivity index (χ0v) is 12.8. The molecule has 0 heterocycles. The van der Waals surface area contributed by atoms with Crippen LogP contribution < -0.4 is 5.01 Å². The number of anilines is 1. The van der Waals surface area contributed by atoms with E-state index in [0.717, 1.165) is 22.3 Å². The fourth-order valence-corrected chi connectivity index (χ4v) is 2.80. The number of carbonyl (C=O) groups is 1. The number of nitro benzene ring substituents is 1. The van der Waals surface area contributed by atoms with Crippen LogP contribution in [0.25, 0.3) is 11.1 Å². The van der Waals surface area contributed by atoms with E-state index in [1.165, 1.54) is 12.1 Å². The normalized spacial score (nSPS) is 11.4. The van der Waals surface area contributed by atoms with E-state index in [2.05, 4.69) is 5.29 Å². The first-order valence-corrected chi connectivity index (χ1v) is 7.26. The van der Waals surface area contributed by atoms with Gasteiger partial charge in [-0.3, -0.25) is 10.1 Å². The molecule has 1 amide bonds. The third kappa shape index (κ3) is 2.58. The zero-order chi connectivity index (χ0) is 17.3. The van der Waals surface area contributed by atoms with Gasteiger partial charge in [0.15, 0.2) is 0 Å². The lowest BCUT2D eigenvalue weighted by atomic mass is 10.1. The van der Waals surface area contributed by atoms with Gasteiger partial charge in [0.2, 0.25) is 0 Å². The predicted octanol–water partition coefficient (Wildman–Crippen LogP) is 3.81. The Kier molecular flexibility index (Phi) is 3.95. The van der Waals surface area contributed by atoms with E-state index in [0.29, 0.717) is 17.1 Å². The highest BCUT2D eigenvalue weighted by Gasteiger charge is 2.24. The number of rotatable bonds is 4. The number of benzene rings is 2. The highest BCUT2D eigenvalue weighted by Crippen LogP contribution is 2.40.